The third kappa shape index (κ3) is 3.34. The molecule has 2 atom stereocenters. The van der Waals surface area contributed by atoms with Crippen molar-refractivity contribution in [1.82, 2.24) is 4.90 Å². The number of benzene rings is 1. The molecule has 1 N–H and O–H groups in total. The highest BCUT2D eigenvalue weighted by molar-refractivity contribution is 5.94. The molecule has 24 heavy (non-hydrogen) atoms. The first-order valence-corrected chi connectivity index (χ1v) is 7.67. The first-order valence-electron chi connectivity index (χ1n) is 7.67. The molecule has 0 saturated carbocycles. The van der Waals surface area contributed by atoms with Crippen LogP contribution in [0.5, 0.6) is 5.75 Å². The molecule has 5 nitrogen and oxygen atoms in total. The topological polar surface area (TPSA) is 59.0 Å². The van der Waals surface area contributed by atoms with Crippen molar-refractivity contribution in [3.05, 3.63) is 29.8 Å². The van der Waals surface area contributed by atoms with Crippen molar-refractivity contribution in [2.75, 3.05) is 32.9 Å². The summed E-state index contributed by atoms with van der Waals surface area (Å²) in [6, 6.07) is 5.04. The SMILES string of the molecule is O=C(c1cccc(OC(F)(F)F)c1)N1C[C@@H]2CCOC[C@]2(CO)C1. The molecule has 0 aliphatic carbocycles. The maximum atomic E-state index is 12.6. The van der Waals surface area contributed by atoms with Gasteiger partial charge >= 0.3 is 6.36 Å². The summed E-state index contributed by atoms with van der Waals surface area (Å²) >= 11 is 0. The van der Waals surface area contributed by atoms with Crippen LogP contribution < -0.4 is 4.74 Å². The number of alkyl halides is 3. The lowest BCUT2D eigenvalue weighted by Gasteiger charge is -2.36. The van der Waals surface area contributed by atoms with E-state index < -0.39 is 17.5 Å². The van der Waals surface area contributed by atoms with Crippen molar-refractivity contribution in [2.45, 2.75) is 12.8 Å². The standard InChI is InChI=1S/C16H18F3NO4/c17-16(18,19)24-13-3-1-2-11(6-13)14(22)20-7-12-4-5-23-10-15(12,8-20)9-21/h1-3,6,12,21H,4-5,7-10H2/t12-,15+/m0/s1. The summed E-state index contributed by atoms with van der Waals surface area (Å²) in [4.78, 5) is 14.2. The van der Waals surface area contributed by atoms with E-state index in [0.29, 0.717) is 26.3 Å². The molecule has 2 aliphatic rings. The molecule has 8 heteroatoms. The zero-order chi connectivity index (χ0) is 17.4. The fraction of sp³-hybridized carbons (Fsp3) is 0.562. The molecule has 2 aliphatic heterocycles. The second-order valence-corrected chi connectivity index (χ2v) is 6.32. The highest BCUT2D eigenvalue weighted by Gasteiger charge is 2.49. The smallest absolute Gasteiger partial charge is 0.406 e. The van der Waals surface area contributed by atoms with Crippen LogP contribution in [-0.4, -0.2) is 55.2 Å². The van der Waals surface area contributed by atoms with Crippen LogP contribution >= 0.6 is 0 Å². The Morgan fingerprint density at radius 3 is 2.92 bits per heavy atom. The Bertz CT molecular complexity index is 622. The van der Waals surface area contributed by atoms with Gasteiger partial charge in [0.1, 0.15) is 5.75 Å². The van der Waals surface area contributed by atoms with Crippen molar-refractivity contribution in [2.24, 2.45) is 11.3 Å². The van der Waals surface area contributed by atoms with Crippen LogP contribution in [0.15, 0.2) is 24.3 Å². The van der Waals surface area contributed by atoms with Crippen LogP contribution in [0.25, 0.3) is 0 Å². The Balaban J connectivity index is 1.76. The molecular weight excluding hydrogens is 327 g/mol. The van der Waals surface area contributed by atoms with E-state index in [0.717, 1.165) is 18.6 Å². The molecule has 1 aromatic carbocycles. The summed E-state index contributed by atoms with van der Waals surface area (Å²) < 4.78 is 46.2. The number of nitrogens with zero attached hydrogens (tertiary/aromatic N) is 1. The Labute approximate surface area is 137 Å². The Kier molecular flexibility index (Phi) is 4.44. The van der Waals surface area contributed by atoms with Crippen LogP contribution in [0.3, 0.4) is 0 Å². The average molecular weight is 345 g/mol. The highest BCUT2D eigenvalue weighted by Crippen LogP contribution is 2.41. The van der Waals surface area contributed by atoms with Crippen LogP contribution in [0.4, 0.5) is 13.2 Å². The minimum absolute atomic E-state index is 0.0847. The number of likely N-dealkylation sites (tertiary alicyclic amines) is 1. The first-order chi connectivity index (χ1) is 11.3. The number of carbonyl (C=O) groups excluding carboxylic acids is 1. The predicted molar refractivity (Wildman–Crippen MR) is 77.5 cm³/mol. The molecule has 2 saturated heterocycles. The minimum Gasteiger partial charge on any atom is -0.406 e. The summed E-state index contributed by atoms with van der Waals surface area (Å²) in [5, 5.41) is 9.73. The zero-order valence-electron chi connectivity index (χ0n) is 12.9. The van der Waals surface area contributed by atoms with E-state index in [4.69, 9.17) is 4.74 Å². The molecule has 1 amide bonds. The predicted octanol–water partition coefficient (Wildman–Crippen LogP) is 2.06. The van der Waals surface area contributed by atoms with Crippen LogP contribution in [0.2, 0.25) is 0 Å². The molecule has 1 aromatic rings. The van der Waals surface area contributed by atoms with Gasteiger partial charge in [-0.1, -0.05) is 6.07 Å². The van der Waals surface area contributed by atoms with Crippen molar-refractivity contribution < 1.29 is 32.5 Å². The van der Waals surface area contributed by atoms with Gasteiger partial charge in [-0.2, -0.15) is 0 Å². The van der Waals surface area contributed by atoms with Gasteiger partial charge in [-0.05, 0) is 30.5 Å². The molecule has 0 radical (unpaired) electrons. The molecule has 3 rings (SSSR count). The Hall–Kier alpha value is -1.80. The highest BCUT2D eigenvalue weighted by atomic mass is 19.4. The lowest BCUT2D eigenvalue weighted by Crippen LogP contribution is -2.43. The fourth-order valence-electron chi connectivity index (χ4n) is 3.48. The number of hydrogen-bond acceptors (Lipinski definition) is 4. The number of rotatable bonds is 3. The number of halogens is 3. The normalized spacial score (nSPS) is 27.0. The Morgan fingerprint density at radius 2 is 2.25 bits per heavy atom. The largest absolute Gasteiger partial charge is 0.573 e. The number of ether oxygens (including phenoxy) is 2. The van der Waals surface area contributed by atoms with Crippen molar-refractivity contribution in [3.8, 4) is 5.75 Å². The van der Waals surface area contributed by atoms with Gasteiger partial charge in [0.25, 0.3) is 5.91 Å². The number of hydrogen-bond donors (Lipinski definition) is 1. The molecule has 132 valence electrons. The van der Waals surface area contributed by atoms with E-state index in [1.807, 2.05) is 0 Å². The summed E-state index contributed by atoms with van der Waals surface area (Å²) in [5.74, 6) is -0.662. The quantitative estimate of drug-likeness (QED) is 0.911. The second kappa shape index (κ2) is 6.25. The summed E-state index contributed by atoms with van der Waals surface area (Å²) in [5.41, 5.74) is -0.349. The van der Waals surface area contributed by atoms with Crippen LogP contribution in [-0.2, 0) is 4.74 Å². The maximum absolute atomic E-state index is 12.6. The summed E-state index contributed by atoms with van der Waals surface area (Å²) in [6.45, 7) is 1.68. The van der Waals surface area contributed by atoms with Crippen molar-refractivity contribution in [3.63, 3.8) is 0 Å². The van der Waals surface area contributed by atoms with Gasteiger partial charge in [-0.25, -0.2) is 0 Å². The molecular formula is C16H18F3NO4. The van der Waals surface area contributed by atoms with Gasteiger partial charge in [0.05, 0.1) is 13.2 Å². The number of fused-ring (bicyclic) bond motifs is 1. The minimum atomic E-state index is -4.80. The zero-order valence-corrected chi connectivity index (χ0v) is 12.9. The second-order valence-electron chi connectivity index (χ2n) is 6.32. The number of aliphatic hydroxyl groups excluding tert-OH is 1. The molecule has 0 bridgehead atoms. The van der Waals surface area contributed by atoms with E-state index in [-0.39, 0.29) is 24.0 Å². The third-order valence-corrected chi connectivity index (χ3v) is 4.73. The van der Waals surface area contributed by atoms with Gasteiger partial charge in [0.2, 0.25) is 0 Å². The molecule has 2 heterocycles. The van der Waals surface area contributed by atoms with Crippen molar-refractivity contribution in [1.29, 1.82) is 0 Å². The van der Waals surface area contributed by atoms with Crippen LogP contribution in [0, 0.1) is 11.3 Å². The van der Waals surface area contributed by atoms with E-state index >= 15 is 0 Å². The number of amides is 1. The van der Waals surface area contributed by atoms with Gasteiger partial charge in [-0.3, -0.25) is 4.79 Å². The molecule has 0 aromatic heterocycles. The number of aliphatic hydroxyl groups is 1. The van der Waals surface area contributed by atoms with Crippen molar-refractivity contribution >= 4 is 5.91 Å². The Morgan fingerprint density at radius 1 is 1.46 bits per heavy atom. The van der Waals surface area contributed by atoms with E-state index in [1.165, 1.54) is 12.1 Å². The first kappa shape index (κ1) is 17.0. The summed E-state index contributed by atoms with van der Waals surface area (Å²) in [6.07, 6.45) is -4.05. The lowest BCUT2D eigenvalue weighted by molar-refractivity contribution is -0.274. The average Bonchev–Trinajstić information content (AvgIpc) is 2.93. The van der Waals surface area contributed by atoms with Gasteiger partial charge in [-0.15, -0.1) is 13.2 Å². The van der Waals surface area contributed by atoms with E-state index in [1.54, 1.807) is 4.90 Å². The summed E-state index contributed by atoms with van der Waals surface area (Å²) in [7, 11) is 0. The third-order valence-electron chi connectivity index (χ3n) is 4.73. The van der Waals surface area contributed by atoms with Gasteiger partial charge in [0.15, 0.2) is 0 Å². The fourth-order valence-corrected chi connectivity index (χ4v) is 3.48. The lowest BCUT2D eigenvalue weighted by atomic mass is 9.76. The molecule has 2 fully saturated rings. The van der Waals surface area contributed by atoms with E-state index in [2.05, 4.69) is 4.74 Å². The molecule has 0 spiro atoms. The van der Waals surface area contributed by atoms with Gasteiger partial charge in [0, 0.05) is 30.7 Å². The van der Waals surface area contributed by atoms with Crippen LogP contribution in [0.1, 0.15) is 16.8 Å². The molecule has 0 unspecified atom stereocenters. The number of carbonyl (C=O) groups is 1. The maximum Gasteiger partial charge on any atom is 0.573 e. The monoisotopic (exact) mass is 345 g/mol. The van der Waals surface area contributed by atoms with E-state index in [9.17, 15) is 23.1 Å². The van der Waals surface area contributed by atoms with Gasteiger partial charge < -0.3 is 19.5 Å².